The van der Waals surface area contributed by atoms with Crippen LogP contribution in [-0.2, 0) is 24.2 Å². The van der Waals surface area contributed by atoms with Crippen molar-refractivity contribution in [3.63, 3.8) is 0 Å². The molecular formula is C11H19NO5S. The lowest BCUT2D eigenvalue weighted by Crippen LogP contribution is -2.35. The smallest absolute Gasteiger partial charge is 0.321 e. The topological polar surface area (TPSA) is 80.8 Å². The molecule has 0 aliphatic carbocycles. The fourth-order valence-corrected chi connectivity index (χ4v) is 2.86. The molecule has 0 saturated carbocycles. The molecule has 0 radical (unpaired) electrons. The number of carbonyl (C=O) groups is 2. The molecule has 1 aliphatic heterocycles. The molecule has 0 aromatic carbocycles. The Kier molecular flexibility index (Phi) is 5.13. The van der Waals surface area contributed by atoms with E-state index in [0.717, 1.165) is 12.8 Å². The zero-order valence-corrected chi connectivity index (χ0v) is 11.5. The summed E-state index contributed by atoms with van der Waals surface area (Å²) in [6.07, 6.45) is 1.45. The Balaban J connectivity index is 2.48. The standard InChI is InChI=1S/C11H19NO5S/c1-9(2)17-11(14)8-18(15,16)7-10(13)12-5-3-4-6-12/h9H,3-8H2,1-2H3. The Bertz CT molecular complexity index is 409. The van der Waals surface area contributed by atoms with E-state index >= 15 is 0 Å². The van der Waals surface area contributed by atoms with Gasteiger partial charge in [-0.25, -0.2) is 8.42 Å². The van der Waals surface area contributed by atoms with Crippen LogP contribution < -0.4 is 0 Å². The average Bonchev–Trinajstić information content (AvgIpc) is 2.65. The van der Waals surface area contributed by atoms with Crippen LogP contribution in [0.25, 0.3) is 0 Å². The number of esters is 1. The van der Waals surface area contributed by atoms with Crippen molar-refractivity contribution in [1.29, 1.82) is 0 Å². The van der Waals surface area contributed by atoms with Gasteiger partial charge in [-0.2, -0.15) is 0 Å². The van der Waals surface area contributed by atoms with E-state index in [2.05, 4.69) is 0 Å². The quantitative estimate of drug-likeness (QED) is 0.659. The molecule has 1 fully saturated rings. The van der Waals surface area contributed by atoms with Gasteiger partial charge < -0.3 is 9.64 Å². The first-order chi connectivity index (χ1) is 8.30. The van der Waals surface area contributed by atoms with E-state index in [1.165, 1.54) is 4.90 Å². The van der Waals surface area contributed by atoms with E-state index in [-0.39, 0.29) is 6.10 Å². The third-order valence-electron chi connectivity index (χ3n) is 2.51. The van der Waals surface area contributed by atoms with Gasteiger partial charge in [0.1, 0.15) is 11.5 Å². The van der Waals surface area contributed by atoms with Gasteiger partial charge in [0, 0.05) is 13.1 Å². The summed E-state index contributed by atoms with van der Waals surface area (Å²) in [5.41, 5.74) is 0. The van der Waals surface area contributed by atoms with Gasteiger partial charge >= 0.3 is 5.97 Å². The molecule has 0 spiro atoms. The first-order valence-electron chi connectivity index (χ1n) is 5.98. The number of ether oxygens (including phenoxy) is 1. The molecule has 0 unspecified atom stereocenters. The second-order valence-electron chi connectivity index (χ2n) is 4.66. The monoisotopic (exact) mass is 277 g/mol. The Hall–Kier alpha value is -1.11. The van der Waals surface area contributed by atoms with Crippen molar-refractivity contribution in [2.24, 2.45) is 0 Å². The second-order valence-corrected chi connectivity index (χ2v) is 6.72. The Morgan fingerprint density at radius 1 is 1.17 bits per heavy atom. The van der Waals surface area contributed by atoms with Gasteiger partial charge in [-0.1, -0.05) is 0 Å². The van der Waals surface area contributed by atoms with Crippen LogP contribution in [0.4, 0.5) is 0 Å². The summed E-state index contributed by atoms with van der Waals surface area (Å²) in [6.45, 7) is 4.48. The molecule has 104 valence electrons. The Morgan fingerprint density at radius 2 is 1.72 bits per heavy atom. The number of hydrogen-bond acceptors (Lipinski definition) is 5. The van der Waals surface area contributed by atoms with Gasteiger partial charge in [-0.15, -0.1) is 0 Å². The van der Waals surface area contributed by atoms with Crippen LogP contribution in [0.2, 0.25) is 0 Å². The van der Waals surface area contributed by atoms with Gasteiger partial charge in [0.05, 0.1) is 6.10 Å². The van der Waals surface area contributed by atoms with Crippen molar-refractivity contribution in [3.05, 3.63) is 0 Å². The number of sulfone groups is 1. The number of amides is 1. The van der Waals surface area contributed by atoms with Gasteiger partial charge in [0.2, 0.25) is 5.91 Å². The first kappa shape index (κ1) is 14.9. The molecule has 1 amide bonds. The third kappa shape index (κ3) is 5.03. The lowest BCUT2D eigenvalue weighted by Gasteiger charge is -2.15. The van der Waals surface area contributed by atoms with Gasteiger partial charge in [0.25, 0.3) is 0 Å². The summed E-state index contributed by atoms with van der Waals surface area (Å²) in [5.74, 6) is -2.57. The van der Waals surface area contributed by atoms with Gasteiger partial charge in [-0.3, -0.25) is 9.59 Å². The lowest BCUT2D eigenvalue weighted by molar-refractivity contribution is -0.144. The van der Waals surface area contributed by atoms with E-state index < -0.39 is 33.2 Å². The predicted octanol–water partition coefficient (Wildman–Crippen LogP) is -0.0248. The van der Waals surface area contributed by atoms with Crippen LogP contribution in [0, 0.1) is 0 Å². The van der Waals surface area contributed by atoms with Crippen LogP contribution in [-0.4, -0.2) is 55.9 Å². The second kappa shape index (κ2) is 6.17. The van der Waals surface area contributed by atoms with Crippen LogP contribution in [0.5, 0.6) is 0 Å². The Morgan fingerprint density at radius 3 is 2.22 bits per heavy atom. The van der Waals surface area contributed by atoms with Crippen molar-refractivity contribution in [1.82, 2.24) is 4.90 Å². The minimum Gasteiger partial charge on any atom is -0.462 e. The number of likely N-dealkylation sites (tertiary alicyclic amines) is 1. The van der Waals surface area contributed by atoms with E-state index in [1.54, 1.807) is 13.8 Å². The van der Waals surface area contributed by atoms with Crippen molar-refractivity contribution in [2.45, 2.75) is 32.8 Å². The van der Waals surface area contributed by atoms with E-state index in [0.29, 0.717) is 13.1 Å². The Labute approximate surface area is 107 Å². The maximum absolute atomic E-state index is 11.7. The molecule has 6 nitrogen and oxygen atoms in total. The minimum atomic E-state index is -3.73. The highest BCUT2D eigenvalue weighted by Crippen LogP contribution is 2.08. The van der Waals surface area contributed by atoms with Gasteiger partial charge in [-0.05, 0) is 26.7 Å². The number of rotatable bonds is 5. The number of hydrogen-bond donors (Lipinski definition) is 0. The zero-order valence-electron chi connectivity index (χ0n) is 10.7. The predicted molar refractivity (Wildman–Crippen MR) is 65.7 cm³/mol. The maximum atomic E-state index is 11.7. The molecule has 0 aromatic rings. The first-order valence-corrected chi connectivity index (χ1v) is 7.80. The normalized spacial score (nSPS) is 16.1. The molecule has 0 N–H and O–H groups in total. The van der Waals surface area contributed by atoms with E-state index in [9.17, 15) is 18.0 Å². The molecule has 7 heteroatoms. The van der Waals surface area contributed by atoms with Crippen molar-refractivity contribution < 1.29 is 22.7 Å². The molecule has 0 atom stereocenters. The minimum absolute atomic E-state index is 0.359. The molecule has 0 bridgehead atoms. The van der Waals surface area contributed by atoms with Crippen LogP contribution in [0.15, 0.2) is 0 Å². The summed E-state index contributed by atoms with van der Waals surface area (Å²) in [4.78, 5) is 24.4. The summed E-state index contributed by atoms with van der Waals surface area (Å²) in [5, 5.41) is 0. The molecule has 0 aromatic heterocycles. The zero-order chi connectivity index (χ0) is 13.8. The third-order valence-corrected chi connectivity index (χ3v) is 3.87. The van der Waals surface area contributed by atoms with E-state index in [4.69, 9.17) is 4.74 Å². The highest BCUT2D eigenvalue weighted by molar-refractivity contribution is 7.92. The molecule has 18 heavy (non-hydrogen) atoms. The molecule has 1 aliphatic rings. The highest BCUT2D eigenvalue weighted by Gasteiger charge is 2.26. The van der Waals surface area contributed by atoms with Crippen LogP contribution in [0.3, 0.4) is 0 Å². The molecule has 1 heterocycles. The summed E-state index contributed by atoms with van der Waals surface area (Å²) >= 11 is 0. The molecular weight excluding hydrogens is 258 g/mol. The molecule has 1 rings (SSSR count). The number of nitrogens with zero attached hydrogens (tertiary/aromatic N) is 1. The fourth-order valence-electron chi connectivity index (χ4n) is 1.77. The number of carbonyl (C=O) groups excluding carboxylic acids is 2. The lowest BCUT2D eigenvalue weighted by atomic mass is 10.4. The van der Waals surface area contributed by atoms with Crippen molar-refractivity contribution >= 4 is 21.7 Å². The largest absolute Gasteiger partial charge is 0.462 e. The van der Waals surface area contributed by atoms with Crippen LogP contribution in [0.1, 0.15) is 26.7 Å². The average molecular weight is 277 g/mol. The molecule has 1 saturated heterocycles. The van der Waals surface area contributed by atoms with E-state index in [1.807, 2.05) is 0 Å². The van der Waals surface area contributed by atoms with Crippen molar-refractivity contribution in [2.75, 3.05) is 24.6 Å². The van der Waals surface area contributed by atoms with Gasteiger partial charge in [0.15, 0.2) is 9.84 Å². The summed E-state index contributed by atoms with van der Waals surface area (Å²) < 4.78 is 28.0. The van der Waals surface area contributed by atoms with Crippen LogP contribution >= 0.6 is 0 Å². The fraction of sp³-hybridized carbons (Fsp3) is 0.818. The maximum Gasteiger partial charge on any atom is 0.321 e. The highest BCUT2D eigenvalue weighted by atomic mass is 32.2. The summed E-state index contributed by atoms with van der Waals surface area (Å²) in [7, 11) is -3.73. The van der Waals surface area contributed by atoms with Crippen molar-refractivity contribution in [3.8, 4) is 0 Å². The SMILES string of the molecule is CC(C)OC(=O)CS(=O)(=O)CC(=O)N1CCCC1. The summed E-state index contributed by atoms with van der Waals surface area (Å²) in [6, 6.07) is 0.